The molecule has 0 aromatic heterocycles. The average molecular weight is 441 g/mol. The van der Waals surface area contributed by atoms with Crippen LogP contribution in [0.4, 0.5) is 0 Å². The summed E-state index contributed by atoms with van der Waals surface area (Å²) in [5.41, 5.74) is 5.65. The Morgan fingerprint density at radius 1 is 0.750 bits per heavy atom. The molecule has 0 fully saturated rings. The van der Waals surface area contributed by atoms with Crippen molar-refractivity contribution in [1.29, 1.82) is 0 Å². The van der Waals surface area contributed by atoms with E-state index in [1.54, 1.807) is 18.2 Å². The number of ether oxygens (including phenoxy) is 3. The molecule has 1 aromatic rings. The second-order valence-corrected chi connectivity index (χ2v) is 8.52. The summed E-state index contributed by atoms with van der Waals surface area (Å²) in [5.74, 6) is 0.753. The van der Waals surface area contributed by atoms with Crippen LogP contribution >= 0.6 is 0 Å². The number of methoxy groups -OCH3 is 1. The lowest BCUT2D eigenvalue weighted by Crippen LogP contribution is -2.05. The van der Waals surface area contributed by atoms with Gasteiger partial charge < -0.3 is 14.2 Å². The number of allylic oxidation sites excluding steroid dienone is 6. The highest BCUT2D eigenvalue weighted by atomic mass is 16.5. The van der Waals surface area contributed by atoms with Gasteiger partial charge in [-0.1, -0.05) is 34.4 Å². The lowest BCUT2D eigenvalue weighted by atomic mass is 10.1. The van der Waals surface area contributed by atoms with E-state index in [4.69, 9.17) is 14.2 Å². The minimum atomic E-state index is -0.398. The summed E-state index contributed by atoms with van der Waals surface area (Å²) in [4.78, 5) is 11.9. The number of esters is 1. The number of carbonyl (C=O) groups is 1. The van der Waals surface area contributed by atoms with Crippen LogP contribution < -0.4 is 9.47 Å². The number of hydrogen-bond donors (Lipinski definition) is 0. The standard InChI is InChI=1S/C28H40O4/c1-21(2)10-8-12-23(5)16-18-31-26-15-14-25(28(29)30-7)20-27(26)32-19-17-24(6)13-9-11-22(3)4/h10-11,14-17,20H,8-9,12-13,18-19H2,1-7H3. The van der Waals surface area contributed by atoms with Crippen molar-refractivity contribution in [2.24, 2.45) is 0 Å². The first-order chi connectivity index (χ1) is 15.2. The number of hydrogen-bond acceptors (Lipinski definition) is 4. The van der Waals surface area contributed by atoms with Crippen LogP contribution in [-0.4, -0.2) is 26.3 Å². The molecular formula is C28H40O4. The largest absolute Gasteiger partial charge is 0.486 e. The predicted molar refractivity (Wildman–Crippen MR) is 134 cm³/mol. The Balaban J connectivity index is 2.80. The summed E-state index contributed by atoms with van der Waals surface area (Å²) < 4.78 is 16.8. The van der Waals surface area contributed by atoms with Crippen molar-refractivity contribution in [3.8, 4) is 11.5 Å². The molecule has 0 unspecified atom stereocenters. The molecule has 0 atom stereocenters. The van der Waals surface area contributed by atoms with E-state index < -0.39 is 5.97 Å². The van der Waals surface area contributed by atoms with Crippen LogP contribution in [0, 0.1) is 0 Å². The van der Waals surface area contributed by atoms with E-state index in [1.165, 1.54) is 29.4 Å². The summed E-state index contributed by atoms with van der Waals surface area (Å²) >= 11 is 0. The van der Waals surface area contributed by atoms with Crippen LogP contribution in [0.5, 0.6) is 11.5 Å². The van der Waals surface area contributed by atoms with Crippen LogP contribution in [0.3, 0.4) is 0 Å². The quantitative estimate of drug-likeness (QED) is 0.234. The highest BCUT2D eigenvalue weighted by Crippen LogP contribution is 2.29. The second kappa shape index (κ2) is 15.1. The fourth-order valence-electron chi connectivity index (χ4n) is 2.91. The number of carbonyl (C=O) groups excluding carboxylic acids is 1. The summed E-state index contributed by atoms with van der Waals surface area (Å²) in [6.45, 7) is 13.5. The summed E-state index contributed by atoms with van der Waals surface area (Å²) in [6.07, 6.45) is 12.7. The first-order valence-corrected chi connectivity index (χ1v) is 11.3. The summed E-state index contributed by atoms with van der Waals surface area (Å²) in [6, 6.07) is 5.14. The Bertz CT molecular complexity index is 848. The minimum Gasteiger partial charge on any atom is -0.486 e. The molecule has 1 aromatic carbocycles. The Kier molecular flexibility index (Phi) is 12.9. The van der Waals surface area contributed by atoms with Gasteiger partial charge in [0.05, 0.1) is 12.7 Å². The number of benzene rings is 1. The average Bonchev–Trinajstić information content (AvgIpc) is 2.73. The predicted octanol–water partition coefficient (Wildman–Crippen LogP) is 7.62. The van der Waals surface area contributed by atoms with Crippen LogP contribution in [-0.2, 0) is 4.74 Å². The van der Waals surface area contributed by atoms with Crippen molar-refractivity contribution >= 4 is 5.97 Å². The molecule has 0 saturated carbocycles. The van der Waals surface area contributed by atoms with Crippen LogP contribution in [0.1, 0.15) is 77.6 Å². The lowest BCUT2D eigenvalue weighted by Gasteiger charge is -2.13. The van der Waals surface area contributed by atoms with Gasteiger partial charge in [-0.25, -0.2) is 4.79 Å². The smallest absolute Gasteiger partial charge is 0.337 e. The topological polar surface area (TPSA) is 44.8 Å². The highest BCUT2D eigenvalue weighted by molar-refractivity contribution is 5.90. The van der Waals surface area contributed by atoms with Gasteiger partial charge in [0.2, 0.25) is 0 Å². The molecule has 0 aliphatic rings. The molecule has 1 rings (SSSR count). The molecule has 0 aliphatic carbocycles. The molecule has 0 spiro atoms. The van der Waals surface area contributed by atoms with Crippen molar-refractivity contribution in [2.75, 3.05) is 20.3 Å². The van der Waals surface area contributed by atoms with Crippen molar-refractivity contribution in [3.63, 3.8) is 0 Å². The molecule has 0 bridgehead atoms. The second-order valence-electron chi connectivity index (χ2n) is 8.52. The Morgan fingerprint density at radius 3 is 1.72 bits per heavy atom. The maximum Gasteiger partial charge on any atom is 0.337 e. The van der Waals surface area contributed by atoms with Gasteiger partial charge in [-0.3, -0.25) is 0 Å². The van der Waals surface area contributed by atoms with E-state index in [2.05, 4.69) is 65.8 Å². The van der Waals surface area contributed by atoms with Gasteiger partial charge >= 0.3 is 5.97 Å². The normalized spacial score (nSPS) is 11.6. The van der Waals surface area contributed by atoms with Gasteiger partial charge in [-0.2, -0.15) is 0 Å². The molecule has 176 valence electrons. The minimum absolute atomic E-state index is 0.398. The van der Waals surface area contributed by atoms with E-state index in [0.717, 1.165) is 25.7 Å². The molecule has 0 heterocycles. The lowest BCUT2D eigenvalue weighted by molar-refractivity contribution is 0.0600. The van der Waals surface area contributed by atoms with Crippen LogP contribution in [0.15, 0.2) is 64.8 Å². The highest BCUT2D eigenvalue weighted by Gasteiger charge is 2.12. The van der Waals surface area contributed by atoms with E-state index in [-0.39, 0.29) is 0 Å². The molecule has 0 radical (unpaired) electrons. The summed E-state index contributed by atoms with van der Waals surface area (Å²) in [7, 11) is 1.37. The first-order valence-electron chi connectivity index (χ1n) is 11.3. The molecule has 0 aliphatic heterocycles. The fourth-order valence-corrected chi connectivity index (χ4v) is 2.91. The van der Waals surface area contributed by atoms with Crippen molar-refractivity contribution < 1.29 is 19.0 Å². The Labute approximate surface area is 194 Å². The fraction of sp³-hybridized carbons (Fsp3) is 0.464. The zero-order chi connectivity index (χ0) is 23.9. The maximum absolute atomic E-state index is 11.9. The molecule has 4 heteroatoms. The van der Waals surface area contributed by atoms with Gasteiger partial charge in [0.1, 0.15) is 13.2 Å². The Hall–Kier alpha value is -2.75. The monoisotopic (exact) mass is 440 g/mol. The molecule has 0 N–H and O–H groups in total. The van der Waals surface area contributed by atoms with E-state index in [9.17, 15) is 4.79 Å². The molecule has 0 saturated heterocycles. The zero-order valence-corrected chi connectivity index (χ0v) is 20.9. The van der Waals surface area contributed by atoms with Gasteiger partial charge in [0.25, 0.3) is 0 Å². The summed E-state index contributed by atoms with van der Waals surface area (Å²) in [5, 5.41) is 0. The van der Waals surface area contributed by atoms with Gasteiger partial charge in [0.15, 0.2) is 11.5 Å². The first kappa shape index (κ1) is 27.3. The van der Waals surface area contributed by atoms with E-state index in [0.29, 0.717) is 30.3 Å². The van der Waals surface area contributed by atoms with Crippen molar-refractivity contribution in [3.05, 3.63) is 70.4 Å². The van der Waals surface area contributed by atoms with E-state index in [1.807, 2.05) is 0 Å². The van der Waals surface area contributed by atoms with E-state index >= 15 is 0 Å². The van der Waals surface area contributed by atoms with Gasteiger partial charge in [-0.05, 0) is 97.6 Å². The van der Waals surface area contributed by atoms with Crippen LogP contribution in [0.2, 0.25) is 0 Å². The number of rotatable bonds is 13. The Morgan fingerprint density at radius 2 is 1.25 bits per heavy atom. The van der Waals surface area contributed by atoms with Crippen LogP contribution in [0.25, 0.3) is 0 Å². The van der Waals surface area contributed by atoms with Gasteiger partial charge in [-0.15, -0.1) is 0 Å². The van der Waals surface area contributed by atoms with Crippen molar-refractivity contribution in [2.45, 2.75) is 67.2 Å². The molecule has 4 nitrogen and oxygen atoms in total. The SMILES string of the molecule is COC(=O)c1ccc(OCC=C(C)CCC=C(C)C)c(OCC=C(C)CCC=C(C)C)c1. The zero-order valence-electron chi connectivity index (χ0n) is 20.9. The third kappa shape index (κ3) is 11.6. The third-order valence-electron chi connectivity index (χ3n) is 4.89. The molecular weight excluding hydrogens is 400 g/mol. The maximum atomic E-state index is 11.9. The van der Waals surface area contributed by atoms with Gasteiger partial charge in [0, 0.05) is 0 Å². The molecule has 32 heavy (non-hydrogen) atoms. The molecule has 0 amide bonds. The third-order valence-corrected chi connectivity index (χ3v) is 4.89. The van der Waals surface area contributed by atoms with Crippen molar-refractivity contribution in [1.82, 2.24) is 0 Å².